The summed E-state index contributed by atoms with van der Waals surface area (Å²) in [6, 6.07) is 6.07. The summed E-state index contributed by atoms with van der Waals surface area (Å²) in [4.78, 5) is 24.3. The highest BCUT2D eigenvalue weighted by molar-refractivity contribution is 5.85. The quantitative estimate of drug-likeness (QED) is 0.647. The second-order valence-corrected chi connectivity index (χ2v) is 3.69. The number of rotatable bonds is 4. The largest absolute Gasteiger partial charge is 0.502 e. The Bertz CT molecular complexity index is 685. The van der Waals surface area contributed by atoms with Gasteiger partial charge in [-0.25, -0.2) is 9.78 Å². The molecule has 0 aliphatic rings. The van der Waals surface area contributed by atoms with E-state index in [1.807, 2.05) is 0 Å². The third-order valence-electron chi connectivity index (χ3n) is 2.33. The lowest BCUT2D eigenvalue weighted by molar-refractivity contribution is -0.385. The van der Waals surface area contributed by atoms with Crippen molar-refractivity contribution in [3.05, 3.63) is 52.3 Å². The highest BCUT2D eigenvalue weighted by Gasteiger charge is 2.15. The zero-order valence-corrected chi connectivity index (χ0v) is 9.89. The average Bonchev–Trinajstić information content (AvgIpc) is 2.41. The number of carbonyl (C=O) groups is 1. The number of nitro benzene ring substituents is 1. The van der Waals surface area contributed by atoms with Crippen LogP contribution in [0, 0.1) is 10.1 Å². The molecule has 8 heteroatoms. The summed E-state index contributed by atoms with van der Waals surface area (Å²) < 4.78 is 5.30. The predicted molar refractivity (Wildman–Crippen MR) is 66.0 cm³/mol. The van der Waals surface area contributed by atoms with E-state index in [0.29, 0.717) is 0 Å². The number of phenolic OH excluding ortho intramolecular Hbond substituents is 1. The fraction of sp³-hybridized carbons (Fsp3) is 0. The second kappa shape index (κ2) is 5.22. The number of carboxylic acid groups (broad SMARTS) is 1. The maximum Gasteiger partial charge on any atom is 0.354 e. The van der Waals surface area contributed by atoms with Crippen molar-refractivity contribution < 1.29 is 24.7 Å². The molecule has 0 amide bonds. The van der Waals surface area contributed by atoms with Gasteiger partial charge in [-0.05, 0) is 18.2 Å². The number of ether oxygens (including phenoxy) is 1. The minimum absolute atomic E-state index is 0.0945. The van der Waals surface area contributed by atoms with E-state index in [2.05, 4.69) is 4.98 Å². The molecule has 0 aliphatic heterocycles. The van der Waals surface area contributed by atoms with E-state index in [4.69, 9.17) is 9.84 Å². The molecule has 0 fully saturated rings. The van der Waals surface area contributed by atoms with Crippen LogP contribution in [0.25, 0.3) is 0 Å². The van der Waals surface area contributed by atoms with Gasteiger partial charge in [0, 0.05) is 12.3 Å². The van der Waals surface area contributed by atoms with E-state index in [-0.39, 0.29) is 17.2 Å². The summed E-state index contributed by atoms with van der Waals surface area (Å²) in [6.07, 6.45) is 1.24. The molecule has 0 bridgehead atoms. The van der Waals surface area contributed by atoms with Crippen LogP contribution in [0.3, 0.4) is 0 Å². The first-order chi connectivity index (χ1) is 9.47. The molecule has 0 spiro atoms. The SMILES string of the molecule is O=C(O)c1cc(Oc2ccc(O)c([N+](=O)[O-])c2)ccn1. The Kier molecular flexibility index (Phi) is 3.47. The summed E-state index contributed by atoms with van der Waals surface area (Å²) in [5.74, 6) is -1.44. The molecular formula is C12H8N2O6. The molecule has 2 rings (SSSR count). The van der Waals surface area contributed by atoms with Crippen LogP contribution in [0.1, 0.15) is 10.5 Å². The predicted octanol–water partition coefficient (Wildman–Crippen LogP) is 2.19. The number of nitrogens with zero attached hydrogens (tertiary/aromatic N) is 2. The van der Waals surface area contributed by atoms with Crippen LogP contribution in [0.2, 0.25) is 0 Å². The Morgan fingerprint density at radius 1 is 1.25 bits per heavy atom. The van der Waals surface area contributed by atoms with Crippen LogP contribution in [-0.4, -0.2) is 26.1 Å². The molecule has 0 saturated carbocycles. The Morgan fingerprint density at radius 3 is 2.60 bits per heavy atom. The Hall–Kier alpha value is -3.16. The lowest BCUT2D eigenvalue weighted by Crippen LogP contribution is -1.99. The number of aromatic nitrogens is 1. The third kappa shape index (κ3) is 2.80. The van der Waals surface area contributed by atoms with Crippen molar-refractivity contribution >= 4 is 11.7 Å². The van der Waals surface area contributed by atoms with Crippen LogP contribution in [0.15, 0.2) is 36.5 Å². The van der Waals surface area contributed by atoms with E-state index in [1.165, 1.54) is 24.4 Å². The van der Waals surface area contributed by atoms with Gasteiger partial charge in [0.25, 0.3) is 0 Å². The van der Waals surface area contributed by atoms with Crippen molar-refractivity contribution in [1.82, 2.24) is 4.98 Å². The van der Waals surface area contributed by atoms with E-state index in [9.17, 15) is 20.0 Å². The highest BCUT2D eigenvalue weighted by atomic mass is 16.6. The first kappa shape index (κ1) is 13.3. The Morgan fingerprint density at radius 2 is 1.95 bits per heavy atom. The first-order valence-electron chi connectivity index (χ1n) is 5.32. The zero-order chi connectivity index (χ0) is 14.7. The molecule has 0 unspecified atom stereocenters. The van der Waals surface area contributed by atoms with E-state index in [0.717, 1.165) is 12.1 Å². The van der Waals surface area contributed by atoms with Gasteiger partial charge < -0.3 is 14.9 Å². The van der Waals surface area contributed by atoms with Crippen molar-refractivity contribution in [3.63, 3.8) is 0 Å². The standard InChI is InChI=1S/C12H8N2O6/c15-11-2-1-7(6-10(11)14(18)19)20-8-3-4-13-9(5-8)12(16)17/h1-6,15H,(H,16,17). The third-order valence-corrected chi connectivity index (χ3v) is 2.33. The number of pyridine rings is 1. The summed E-state index contributed by atoms with van der Waals surface area (Å²) in [5.41, 5.74) is -0.717. The molecule has 8 nitrogen and oxygen atoms in total. The van der Waals surface area contributed by atoms with Crippen molar-refractivity contribution in [1.29, 1.82) is 0 Å². The van der Waals surface area contributed by atoms with E-state index >= 15 is 0 Å². The van der Waals surface area contributed by atoms with Gasteiger partial charge in [-0.2, -0.15) is 0 Å². The van der Waals surface area contributed by atoms with Crippen molar-refractivity contribution in [2.75, 3.05) is 0 Å². The number of phenols is 1. The zero-order valence-electron chi connectivity index (χ0n) is 9.89. The van der Waals surface area contributed by atoms with Crippen LogP contribution in [0.5, 0.6) is 17.2 Å². The highest BCUT2D eigenvalue weighted by Crippen LogP contribution is 2.32. The van der Waals surface area contributed by atoms with Crippen LogP contribution in [0.4, 0.5) is 5.69 Å². The van der Waals surface area contributed by atoms with Crippen molar-refractivity contribution in [2.24, 2.45) is 0 Å². The first-order valence-corrected chi connectivity index (χ1v) is 5.32. The van der Waals surface area contributed by atoms with Gasteiger partial charge in [-0.3, -0.25) is 10.1 Å². The van der Waals surface area contributed by atoms with Gasteiger partial charge >= 0.3 is 11.7 Å². The van der Waals surface area contributed by atoms with Crippen LogP contribution < -0.4 is 4.74 Å². The lowest BCUT2D eigenvalue weighted by atomic mass is 10.3. The van der Waals surface area contributed by atoms with E-state index in [1.54, 1.807) is 0 Å². The smallest absolute Gasteiger partial charge is 0.354 e. The summed E-state index contributed by atoms with van der Waals surface area (Å²) in [6.45, 7) is 0. The number of hydrogen-bond donors (Lipinski definition) is 2. The fourth-order valence-corrected chi connectivity index (χ4v) is 1.44. The Labute approximate surface area is 112 Å². The molecule has 0 atom stereocenters. The van der Waals surface area contributed by atoms with Gasteiger partial charge in [0.2, 0.25) is 0 Å². The number of benzene rings is 1. The Balaban J connectivity index is 2.30. The van der Waals surface area contributed by atoms with Crippen LogP contribution in [-0.2, 0) is 0 Å². The van der Waals surface area contributed by atoms with Gasteiger partial charge in [-0.15, -0.1) is 0 Å². The lowest BCUT2D eigenvalue weighted by Gasteiger charge is -2.06. The molecule has 102 valence electrons. The molecule has 20 heavy (non-hydrogen) atoms. The molecule has 1 aromatic heterocycles. The molecular weight excluding hydrogens is 268 g/mol. The molecule has 1 aromatic carbocycles. The molecule has 2 N–H and O–H groups in total. The minimum atomic E-state index is -1.22. The molecule has 1 heterocycles. The summed E-state index contributed by atoms with van der Waals surface area (Å²) in [7, 11) is 0. The monoisotopic (exact) mass is 276 g/mol. The van der Waals surface area contributed by atoms with E-state index < -0.39 is 22.3 Å². The maximum atomic E-state index is 10.8. The normalized spacial score (nSPS) is 10.0. The number of carboxylic acids is 1. The fourth-order valence-electron chi connectivity index (χ4n) is 1.44. The van der Waals surface area contributed by atoms with Crippen molar-refractivity contribution in [2.45, 2.75) is 0 Å². The minimum Gasteiger partial charge on any atom is -0.502 e. The average molecular weight is 276 g/mol. The number of aromatic carboxylic acids is 1. The number of aromatic hydroxyl groups is 1. The van der Waals surface area contributed by atoms with Gasteiger partial charge in [0.15, 0.2) is 11.4 Å². The summed E-state index contributed by atoms with van der Waals surface area (Å²) >= 11 is 0. The topological polar surface area (TPSA) is 123 Å². The molecule has 0 saturated heterocycles. The second-order valence-electron chi connectivity index (χ2n) is 3.69. The molecule has 0 aliphatic carbocycles. The molecule has 0 radical (unpaired) electrons. The van der Waals surface area contributed by atoms with Crippen LogP contribution >= 0.6 is 0 Å². The van der Waals surface area contributed by atoms with Gasteiger partial charge in [0.1, 0.15) is 11.5 Å². The number of nitro groups is 1. The summed E-state index contributed by atoms with van der Waals surface area (Å²) in [5, 5.41) is 28.8. The number of hydrogen-bond acceptors (Lipinski definition) is 6. The van der Waals surface area contributed by atoms with Gasteiger partial charge in [0.05, 0.1) is 11.0 Å². The van der Waals surface area contributed by atoms with Crippen molar-refractivity contribution in [3.8, 4) is 17.2 Å². The maximum absolute atomic E-state index is 10.8. The van der Waals surface area contributed by atoms with Gasteiger partial charge in [-0.1, -0.05) is 0 Å². The molecule has 2 aromatic rings.